The normalized spacial score (nSPS) is 20.6. The van der Waals surface area contributed by atoms with Crippen molar-refractivity contribution in [3.8, 4) is 5.75 Å². The summed E-state index contributed by atoms with van der Waals surface area (Å²) < 4.78 is 19.1. The summed E-state index contributed by atoms with van der Waals surface area (Å²) in [5.41, 5.74) is 0.320. The van der Waals surface area contributed by atoms with Crippen molar-refractivity contribution in [3.63, 3.8) is 0 Å². The average Bonchev–Trinajstić information content (AvgIpc) is 3.03. The Balaban J connectivity index is 1.49. The topological polar surface area (TPSA) is 91.0 Å². The van der Waals surface area contributed by atoms with Gasteiger partial charge in [0.05, 0.1) is 18.5 Å². The van der Waals surface area contributed by atoms with E-state index in [4.69, 9.17) is 4.74 Å². The van der Waals surface area contributed by atoms with Crippen LogP contribution in [0.1, 0.15) is 31.7 Å². The van der Waals surface area contributed by atoms with E-state index in [-0.39, 0.29) is 0 Å². The quantitative estimate of drug-likeness (QED) is 0.654. The average molecular weight is 455 g/mol. The number of amides is 4. The Hall–Kier alpha value is -3.62. The molecule has 2 N–H and O–H groups in total. The third kappa shape index (κ3) is 4.48. The number of hydrogen-bond donors (Lipinski definition) is 2. The fourth-order valence-corrected chi connectivity index (χ4v) is 4.31. The van der Waals surface area contributed by atoms with Gasteiger partial charge in [-0.1, -0.05) is 12.1 Å². The fourth-order valence-electron chi connectivity index (χ4n) is 4.31. The van der Waals surface area contributed by atoms with Crippen molar-refractivity contribution in [3.05, 3.63) is 53.8 Å². The van der Waals surface area contributed by atoms with E-state index in [9.17, 15) is 18.8 Å². The van der Waals surface area contributed by atoms with Crippen LogP contribution in [0.25, 0.3) is 0 Å². The Labute approximate surface area is 191 Å². The number of ether oxygens (including phenoxy) is 1. The Bertz CT molecular complexity index is 1070. The molecule has 0 aliphatic carbocycles. The van der Waals surface area contributed by atoms with Crippen molar-refractivity contribution in [2.24, 2.45) is 0 Å². The van der Waals surface area contributed by atoms with Gasteiger partial charge in [-0.05, 0) is 62.1 Å². The summed E-state index contributed by atoms with van der Waals surface area (Å²) in [6.07, 6.45) is 3.19. The Morgan fingerprint density at radius 3 is 2.48 bits per heavy atom. The summed E-state index contributed by atoms with van der Waals surface area (Å²) in [6, 6.07) is 10.4. The highest BCUT2D eigenvalue weighted by molar-refractivity contribution is 6.10. The minimum Gasteiger partial charge on any atom is -0.497 e. The Morgan fingerprint density at radius 2 is 1.82 bits per heavy atom. The van der Waals surface area contributed by atoms with E-state index in [0.29, 0.717) is 17.0 Å². The second-order valence-electron chi connectivity index (χ2n) is 8.43. The summed E-state index contributed by atoms with van der Waals surface area (Å²) in [5.74, 6) is -0.979. The lowest BCUT2D eigenvalue weighted by Crippen LogP contribution is -2.42. The molecule has 0 bridgehead atoms. The second-order valence-corrected chi connectivity index (χ2v) is 8.43. The van der Waals surface area contributed by atoms with Gasteiger partial charge in [-0.25, -0.2) is 9.18 Å². The zero-order valence-corrected chi connectivity index (χ0v) is 18.7. The van der Waals surface area contributed by atoms with Crippen LogP contribution in [-0.4, -0.2) is 49.5 Å². The second kappa shape index (κ2) is 9.09. The largest absolute Gasteiger partial charge is 0.497 e. The zero-order chi connectivity index (χ0) is 23.6. The smallest absolute Gasteiger partial charge is 0.325 e. The van der Waals surface area contributed by atoms with E-state index in [1.807, 2.05) is 0 Å². The van der Waals surface area contributed by atoms with Crippen molar-refractivity contribution in [1.29, 1.82) is 0 Å². The van der Waals surface area contributed by atoms with Gasteiger partial charge < -0.3 is 20.3 Å². The molecular weight excluding hydrogens is 427 g/mol. The Morgan fingerprint density at radius 1 is 1.12 bits per heavy atom. The zero-order valence-electron chi connectivity index (χ0n) is 18.7. The minimum absolute atomic E-state index is 0.326. The molecule has 9 heteroatoms. The minimum atomic E-state index is -1.30. The number of halogens is 1. The highest BCUT2D eigenvalue weighted by Gasteiger charge is 2.49. The maximum absolute atomic E-state index is 13.9. The first-order chi connectivity index (χ1) is 15.8. The molecule has 0 saturated carbocycles. The van der Waals surface area contributed by atoms with Crippen LogP contribution in [0.15, 0.2) is 42.5 Å². The number of benzene rings is 2. The number of anilines is 2. The monoisotopic (exact) mass is 454 g/mol. The molecule has 2 aromatic rings. The van der Waals surface area contributed by atoms with Gasteiger partial charge in [0.1, 0.15) is 23.7 Å². The van der Waals surface area contributed by atoms with Gasteiger partial charge in [0.15, 0.2) is 0 Å². The first kappa shape index (κ1) is 22.6. The van der Waals surface area contributed by atoms with Crippen LogP contribution in [0, 0.1) is 5.82 Å². The van der Waals surface area contributed by atoms with E-state index in [1.165, 1.54) is 19.2 Å². The van der Waals surface area contributed by atoms with Crippen LogP contribution in [-0.2, 0) is 15.1 Å². The molecule has 0 spiro atoms. The summed E-state index contributed by atoms with van der Waals surface area (Å²) in [5, 5.41) is 5.36. The molecule has 2 saturated heterocycles. The van der Waals surface area contributed by atoms with Crippen LogP contribution in [0.2, 0.25) is 0 Å². The van der Waals surface area contributed by atoms with Gasteiger partial charge in [0.2, 0.25) is 5.91 Å². The lowest BCUT2D eigenvalue weighted by Gasteiger charge is -2.30. The van der Waals surface area contributed by atoms with Gasteiger partial charge in [0, 0.05) is 13.1 Å². The van der Waals surface area contributed by atoms with Gasteiger partial charge in [-0.2, -0.15) is 0 Å². The van der Waals surface area contributed by atoms with Crippen molar-refractivity contribution in [2.75, 3.05) is 37.0 Å². The van der Waals surface area contributed by atoms with Crippen molar-refractivity contribution >= 4 is 29.2 Å². The summed E-state index contributed by atoms with van der Waals surface area (Å²) >= 11 is 0. The molecule has 2 aliphatic heterocycles. The number of piperidine rings is 1. The fraction of sp³-hybridized carbons (Fsp3) is 0.375. The first-order valence-electron chi connectivity index (χ1n) is 10.9. The third-order valence-corrected chi connectivity index (χ3v) is 6.17. The number of carbonyl (C=O) groups is 3. The predicted molar refractivity (Wildman–Crippen MR) is 122 cm³/mol. The molecule has 2 heterocycles. The molecule has 0 aromatic heterocycles. The van der Waals surface area contributed by atoms with E-state index >= 15 is 0 Å². The molecule has 4 rings (SSSR count). The maximum atomic E-state index is 13.9. The lowest BCUT2D eigenvalue weighted by atomic mass is 9.92. The standard InChI is InChI=1S/C24H27FN4O4/c1-24(16-6-9-18(33-2)10-7-16)22(31)29(23(32)27-24)15-21(30)26-19-14-17(25)8-11-20(19)28-12-4-3-5-13-28/h6-11,14H,3-5,12-13,15H2,1-2H3,(H,26,30)(H,27,32). The summed E-state index contributed by atoms with van der Waals surface area (Å²) in [6.45, 7) is 2.75. The molecular formula is C24H27FN4O4. The van der Waals surface area contributed by atoms with E-state index in [0.717, 1.165) is 42.9 Å². The number of nitrogens with zero attached hydrogens (tertiary/aromatic N) is 2. The first-order valence-corrected chi connectivity index (χ1v) is 10.9. The molecule has 8 nitrogen and oxygen atoms in total. The predicted octanol–water partition coefficient (Wildman–Crippen LogP) is 3.23. The molecule has 0 radical (unpaired) electrons. The highest BCUT2D eigenvalue weighted by Crippen LogP contribution is 2.31. The van der Waals surface area contributed by atoms with Gasteiger partial charge in [0.25, 0.3) is 5.91 Å². The summed E-state index contributed by atoms with van der Waals surface area (Å²) in [4.78, 5) is 41.5. The summed E-state index contributed by atoms with van der Waals surface area (Å²) in [7, 11) is 1.54. The number of rotatable bonds is 6. The molecule has 174 valence electrons. The number of carbonyl (C=O) groups excluding carboxylic acids is 3. The Kier molecular flexibility index (Phi) is 6.22. The van der Waals surface area contributed by atoms with Crippen molar-refractivity contribution in [1.82, 2.24) is 10.2 Å². The van der Waals surface area contributed by atoms with Gasteiger partial charge in [-0.3, -0.25) is 14.5 Å². The number of nitrogens with one attached hydrogen (secondary N) is 2. The molecule has 2 fully saturated rings. The van der Waals surface area contributed by atoms with Crippen LogP contribution < -0.4 is 20.3 Å². The number of methoxy groups -OCH3 is 1. The maximum Gasteiger partial charge on any atom is 0.325 e. The van der Waals surface area contributed by atoms with Gasteiger partial charge in [-0.15, -0.1) is 0 Å². The van der Waals surface area contributed by atoms with Crippen molar-refractivity contribution < 1.29 is 23.5 Å². The SMILES string of the molecule is COc1ccc(C2(C)NC(=O)N(CC(=O)Nc3cc(F)ccc3N3CCCCC3)C2=O)cc1. The molecule has 4 amide bonds. The van der Waals surface area contributed by atoms with E-state index in [1.54, 1.807) is 37.3 Å². The van der Waals surface area contributed by atoms with Crippen LogP contribution in [0.5, 0.6) is 5.75 Å². The van der Waals surface area contributed by atoms with E-state index in [2.05, 4.69) is 15.5 Å². The molecule has 2 aliphatic rings. The van der Waals surface area contributed by atoms with Crippen LogP contribution in [0.3, 0.4) is 0 Å². The number of urea groups is 1. The van der Waals surface area contributed by atoms with E-state index < -0.39 is 35.7 Å². The number of hydrogen-bond acceptors (Lipinski definition) is 5. The molecule has 1 atom stereocenters. The molecule has 2 aromatic carbocycles. The number of imide groups is 1. The molecule has 1 unspecified atom stereocenters. The van der Waals surface area contributed by atoms with Crippen LogP contribution in [0.4, 0.5) is 20.6 Å². The van der Waals surface area contributed by atoms with Crippen LogP contribution >= 0.6 is 0 Å². The lowest BCUT2D eigenvalue weighted by molar-refractivity contribution is -0.133. The third-order valence-electron chi connectivity index (χ3n) is 6.17. The highest BCUT2D eigenvalue weighted by atomic mass is 19.1. The molecule has 33 heavy (non-hydrogen) atoms. The van der Waals surface area contributed by atoms with Gasteiger partial charge >= 0.3 is 6.03 Å². The van der Waals surface area contributed by atoms with Crippen molar-refractivity contribution in [2.45, 2.75) is 31.7 Å².